The molecule has 0 aromatic heterocycles. The van der Waals surface area contributed by atoms with Crippen LogP contribution in [0.15, 0.2) is 30.3 Å². The third-order valence-corrected chi connectivity index (χ3v) is 6.38. The van der Waals surface area contributed by atoms with Gasteiger partial charge < -0.3 is 14.7 Å². The number of benzene rings is 1. The molecule has 1 unspecified atom stereocenters. The normalized spacial score (nSPS) is 26.8. The van der Waals surface area contributed by atoms with E-state index < -0.39 is 44.5 Å². The molecule has 2 fully saturated rings. The average Bonchev–Trinajstić information content (AvgIpc) is 2.71. The van der Waals surface area contributed by atoms with Gasteiger partial charge in [-0.1, -0.05) is 30.3 Å². The molecule has 0 saturated carbocycles. The molecular formula is C15H16FNO6S. The Morgan fingerprint density at radius 1 is 1.21 bits per heavy atom. The summed E-state index contributed by atoms with van der Waals surface area (Å²) in [5, 5.41) is 9.11. The van der Waals surface area contributed by atoms with Gasteiger partial charge in [0.1, 0.15) is 6.61 Å². The molecule has 1 spiro atoms. The van der Waals surface area contributed by atoms with Gasteiger partial charge in [0, 0.05) is 13.1 Å². The highest BCUT2D eigenvalue weighted by atomic mass is 32.2. The van der Waals surface area contributed by atoms with Gasteiger partial charge in [0.25, 0.3) is 0 Å². The maximum absolute atomic E-state index is 14.8. The SMILES string of the molecule is O=C(OCc1ccccc1)N1CC2(C1)CS(=O)(=O)CC2(F)C(=O)O. The van der Waals surface area contributed by atoms with Crippen molar-refractivity contribution in [2.75, 3.05) is 24.6 Å². The molecule has 1 aromatic rings. The van der Waals surface area contributed by atoms with E-state index in [0.717, 1.165) is 10.5 Å². The van der Waals surface area contributed by atoms with Crippen molar-refractivity contribution in [1.82, 2.24) is 4.90 Å². The Balaban J connectivity index is 1.65. The van der Waals surface area contributed by atoms with Gasteiger partial charge >= 0.3 is 12.1 Å². The molecule has 0 bridgehead atoms. The molecule has 130 valence electrons. The fourth-order valence-corrected chi connectivity index (χ4v) is 5.69. The topological polar surface area (TPSA) is 101 Å². The number of halogens is 1. The van der Waals surface area contributed by atoms with Gasteiger partial charge in [-0.25, -0.2) is 22.4 Å². The predicted octanol–water partition coefficient (Wildman–Crippen LogP) is 0.847. The highest BCUT2D eigenvalue weighted by Crippen LogP contribution is 2.50. The van der Waals surface area contributed by atoms with E-state index in [0.29, 0.717) is 0 Å². The third-order valence-electron chi connectivity index (χ3n) is 4.54. The van der Waals surface area contributed by atoms with E-state index in [1.807, 2.05) is 6.07 Å². The summed E-state index contributed by atoms with van der Waals surface area (Å²) in [5.74, 6) is -3.44. The Hall–Kier alpha value is -2.16. The van der Waals surface area contributed by atoms with Crippen LogP contribution in [-0.4, -0.2) is 60.8 Å². The number of carbonyl (C=O) groups excluding carboxylic acids is 1. The van der Waals surface area contributed by atoms with Crippen LogP contribution < -0.4 is 0 Å². The summed E-state index contributed by atoms with van der Waals surface area (Å²) in [7, 11) is -3.81. The Morgan fingerprint density at radius 3 is 2.42 bits per heavy atom. The van der Waals surface area contributed by atoms with Crippen molar-refractivity contribution < 1.29 is 32.2 Å². The zero-order valence-electron chi connectivity index (χ0n) is 12.6. The number of carboxylic acid groups (broad SMARTS) is 1. The second-order valence-corrected chi connectivity index (χ2v) is 8.38. The van der Waals surface area contributed by atoms with Crippen LogP contribution in [0.2, 0.25) is 0 Å². The van der Waals surface area contributed by atoms with Crippen molar-refractivity contribution in [2.24, 2.45) is 5.41 Å². The lowest BCUT2D eigenvalue weighted by Gasteiger charge is -2.50. The van der Waals surface area contributed by atoms with Gasteiger partial charge in [0.05, 0.1) is 16.9 Å². The number of aliphatic carboxylic acids is 1. The number of amides is 1. The van der Waals surface area contributed by atoms with Crippen LogP contribution in [0, 0.1) is 5.41 Å². The van der Waals surface area contributed by atoms with Crippen molar-refractivity contribution in [3.8, 4) is 0 Å². The molecule has 7 nitrogen and oxygen atoms in total. The number of carboxylic acids is 1. The number of nitrogens with zero attached hydrogens (tertiary/aromatic N) is 1. The van der Waals surface area contributed by atoms with E-state index >= 15 is 0 Å². The summed E-state index contributed by atoms with van der Waals surface area (Å²) >= 11 is 0. The van der Waals surface area contributed by atoms with Crippen molar-refractivity contribution in [1.29, 1.82) is 0 Å². The summed E-state index contributed by atoms with van der Waals surface area (Å²) in [6, 6.07) is 8.93. The molecule has 9 heteroatoms. The quantitative estimate of drug-likeness (QED) is 0.861. The largest absolute Gasteiger partial charge is 0.479 e. The van der Waals surface area contributed by atoms with E-state index in [9.17, 15) is 22.4 Å². The standard InChI is InChI=1S/C15H16FNO6S/c16-15(12(18)19)10-24(21,22)9-14(15)7-17(8-14)13(20)23-6-11-4-2-1-3-5-11/h1-5H,6-10H2,(H,18,19). The smallest absolute Gasteiger partial charge is 0.410 e. The van der Waals surface area contributed by atoms with Crippen molar-refractivity contribution in [3.05, 3.63) is 35.9 Å². The molecule has 2 aliphatic heterocycles. The van der Waals surface area contributed by atoms with Crippen LogP contribution in [0.5, 0.6) is 0 Å². The number of rotatable bonds is 3. The first-order valence-electron chi connectivity index (χ1n) is 7.26. The van der Waals surface area contributed by atoms with Crippen LogP contribution >= 0.6 is 0 Å². The molecule has 1 amide bonds. The predicted molar refractivity (Wildman–Crippen MR) is 80.8 cm³/mol. The molecule has 1 N–H and O–H groups in total. The maximum atomic E-state index is 14.8. The monoisotopic (exact) mass is 357 g/mol. The van der Waals surface area contributed by atoms with Crippen molar-refractivity contribution in [2.45, 2.75) is 12.3 Å². The first kappa shape index (κ1) is 16.7. The average molecular weight is 357 g/mol. The summed E-state index contributed by atoms with van der Waals surface area (Å²) in [5.41, 5.74) is -3.69. The number of likely N-dealkylation sites (tertiary alicyclic amines) is 1. The Kier molecular flexibility index (Phi) is 3.78. The third kappa shape index (κ3) is 2.62. The second kappa shape index (κ2) is 5.44. The van der Waals surface area contributed by atoms with Crippen LogP contribution in [0.1, 0.15) is 5.56 Å². The fraction of sp³-hybridized carbons (Fsp3) is 0.467. The molecular weight excluding hydrogens is 341 g/mol. The molecule has 2 heterocycles. The van der Waals surface area contributed by atoms with E-state index in [1.165, 1.54) is 0 Å². The van der Waals surface area contributed by atoms with Gasteiger partial charge in [0.15, 0.2) is 9.84 Å². The summed E-state index contributed by atoms with van der Waals surface area (Å²) < 4.78 is 43.3. The van der Waals surface area contributed by atoms with Gasteiger partial charge in [-0.15, -0.1) is 0 Å². The molecule has 2 saturated heterocycles. The minimum absolute atomic E-state index is 0.0289. The first-order chi connectivity index (χ1) is 11.2. The summed E-state index contributed by atoms with van der Waals surface area (Å²) in [6.45, 7) is -0.549. The number of hydrogen-bond donors (Lipinski definition) is 1. The van der Waals surface area contributed by atoms with Gasteiger partial charge in [-0.2, -0.15) is 0 Å². The number of sulfone groups is 1. The Morgan fingerprint density at radius 2 is 1.83 bits per heavy atom. The molecule has 0 radical (unpaired) electrons. The van der Waals surface area contributed by atoms with Crippen LogP contribution in [0.4, 0.5) is 9.18 Å². The number of hydrogen-bond acceptors (Lipinski definition) is 5. The first-order valence-corrected chi connectivity index (χ1v) is 9.08. The summed E-state index contributed by atoms with van der Waals surface area (Å²) in [4.78, 5) is 24.3. The molecule has 0 aliphatic carbocycles. The highest BCUT2D eigenvalue weighted by molar-refractivity contribution is 7.91. The van der Waals surface area contributed by atoms with Crippen LogP contribution in [0.3, 0.4) is 0 Å². The van der Waals surface area contributed by atoms with E-state index in [4.69, 9.17) is 9.84 Å². The number of carbonyl (C=O) groups is 2. The van der Waals surface area contributed by atoms with Gasteiger partial charge in [-0.05, 0) is 5.56 Å². The molecule has 2 aliphatic rings. The molecule has 3 rings (SSSR count). The maximum Gasteiger partial charge on any atom is 0.410 e. The summed E-state index contributed by atoms with van der Waals surface area (Å²) in [6.07, 6.45) is -0.721. The number of alkyl halides is 1. The lowest BCUT2D eigenvalue weighted by Crippen LogP contribution is -2.69. The van der Waals surface area contributed by atoms with E-state index in [1.54, 1.807) is 24.3 Å². The Bertz CT molecular complexity index is 774. The van der Waals surface area contributed by atoms with Crippen LogP contribution in [0.25, 0.3) is 0 Å². The zero-order chi connectivity index (χ0) is 17.6. The molecule has 1 aromatic carbocycles. The minimum Gasteiger partial charge on any atom is -0.479 e. The van der Waals surface area contributed by atoms with Crippen molar-refractivity contribution in [3.63, 3.8) is 0 Å². The van der Waals surface area contributed by atoms with Gasteiger partial charge in [0.2, 0.25) is 5.67 Å². The lowest BCUT2D eigenvalue weighted by molar-refractivity contribution is -0.166. The Labute approximate surface area is 137 Å². The second-order valence-electron chi connectivity index (χ2n) is 6.32. The highest BCUT2D eigenvalue weighted by Gasteiger charge is 2.71. The molecule has 24 heavy (non-hydrogen) atoms. The van der Waals surface area contributed by atoms with Gasteiger partial charge in [-0.3, -0.25) is 0 Å². The van der Waals surface area contributed by atoms with Crippen molar-refractivity contribution >= 4 is 21.9 Å². The molecule has 1 atom stereocenters. The number of ether oxygens (including phenoxy) is 1. The minimum atomic E-state index is -3.81. The van der Waals surface area contributed by atoms with Crippen LogP contribution in [-0.2, 0) is 26.0 Å². The van der Waals surface area contributed by atoms with E-state index in [2.05, 4.69) is 0 Å². The fourth-order valence-electron chi connectivity index (χ4n) is 3.30. The lowest BCUT2D eigenvalue weighted by atomic mass is 9.70. The van der Waals surface area contributed by atoms with E-state index in [-0.39, 0.29) is 19.7 Å². The zero-order valence-corrected chi connectivity index (χ0v) is 13.5.